The number of halogens is 3. The first-order valence-corrected chi connectivity index (χ1v) is 13.5. The number of nitrogens with one attached hydrogen (secondary N) is 1. The van der Waals surface area contributed by atoms with Gasteiger partial charge in [0.2, 0.25) is 12.3 Å². The molecule has 2 fully saturated rings. The van der Waals surface area contributed by atoms with Gasteiger partial charge in [-0.25, -0.2) is 13.8 Å². The van der Waals surface area contributed by atoms with Crippen LogP contribution in [0.15, 0.2) is 66.9 Å². The van der Waals surface area contributed by atoms with Gasteiger partial charge in [0.25, 0.3) is 5.92 Å². The van der Waals surface area contributed by atoms with Crippen molar-refractivity contribution < 1.29 is 23.5 Å². The van der Waals surface area contributed by atoms with E-state index in [9.17, 15) is 23.5 Å². The van der Waals surface area contributed by atoms with E-state index in [0.29, 0.717) is 35.3 Å². The van der Waals surface area contributed by atoms with Crippen molar-refractivity contribution in [3.05, 3.63) is 88.6 Å². The Hall–Kier alpha value is -4.58. The van der Waals surface area contributed by atoms with Crippen LogP contribution in [-0.2, 0) is 9.59 Å². The lowest BCUT2D eigenvalue weighted by Gasteiger charge is -2.37. The van der Waals surface area contributed by atoms with Crippen LogP contribution in [-0.4, -0.2) is 53.6 Å². The van der Waals surface area contributed by atoms with E-state index in [2.05, 4.69) is 16.4 Å². The summed E-state index contributed by atoms with van der Waals surface area (Å²) in [7, 11) is 0. The third-order valence-corrected chi connectivity index (χ3v) is 7.26. The summed E-state index contributed by atoms with van der Waals surface area (Å²) in [6, 6.07) is 18.3. The van der Waals surface area contributed by atoms with E-state index < -0.39 is 36.8 Å². The molecule has 42 heavy (non-hydrogen) atoms. The smallest absolute Gasteiger partial charge is 0.252 e. The van der Waals surface area contributed by atoms with Gasteiger partial charge in [-0.15, -0.1) is 0 Å². The van der Waals surface area contributed by atoms with Crippen molar-refractivity contribution in [3.8, 4) is 12.1 Å². The van der Waals surface area contributed by atoms with Crippen LogP contribution >= 0.6 is 11.6 Å². The summed E-state index contributed by atoms with van der Waals surface area (Å²) in [6.45, 7) is 1.42. The molecule has 0 spiro atoms. The number of anilines is 2. The van der Waals surface area contributed by atoms with Crippen molar-refractivity contribution >= 4 is 35.4 Å². The van der Waals surface area contributed by atoms with E-state index in [1.807, 2.05) is 11.0 Å². The minimum atomic E-state index is -2.79. The number of benzene rings is 2. The van der Waals surface area contributed by atoms with Crippen LogP contribution in [0.2, 0.25) is 5.02 Å². The highest BCUT2D eigenvalue weighted by atomic mass is 35.5. The minimum Gasteiger partial charge on any atom is -0.391 e. The predicted octanol–water partition coefficient (Wildman–Crippen LogP) is 4.35. The van der Waals surface area contributed by atoms with E-state index in [4.69, 9.17) is 22.1 Å². The van der Waals surface area contributed by atoms with E-state index in [1.54, 1.807) is 60.8 Å². The number of carbonyl (C=O) groups is 2. The number of carbonyl (C=O) groups excluding carboxylic acids is 2. The molecule has 1 saturated carbocycles. The van der Waals surface area contributed by atoms with Gasteiger partial charge in [0.1, 0.15) is 11.9 Å². The molecule has 5 rings (SSSR count). The van der Waals surface area contributed by atoms with Gasteiger partial charge in [-0.3, -0.25) is 14.5 Å². The molecule has 2 amide bonds. The summed E-state index contributed by atoms with van der Waals surface area (Å²) in [5.41, 5.74) is 1.58. The average molecular weight is 593 g/mol. The summed E-state index contributed by atoms with van der Waals surface area (Å²) < 4.78 is 26.3. The number of hydrogen-bond acceptors (Lipinski definition) is 7. The molecule has 2 atom stereocenters. The second kappa shape index (κ2) is 13.4. The molecule has 2 unspecified atom stereocenters. The van der Waals surface area contributed by atoms with Gasteiger partial charge in [0.05, 0.1) is 29.4 Å². The van der Waals surface area contributed by atoms with Gasteiger partial charge >= 0.3 is 0 Å². The number of rotatable bonds is 7. The molecule has 1 aliphatic heterocycles. The first-order valence-electron chi connectivity index (χ1n) is 13.1. The normalized spacial score (nSPS) is 17.9. The maximum atomic E-state index is 13.1. The Morgan fingerprint density at radius 3 is 2.48 bits per heavy atom. The molecule has 2 aromatic carbocycles. The highest BCUT2D eigenvalue weighted by molar-refractivity contribution is 6.31. The van der Waals surface area contributed by atoms with Crippen LogP contribution in [0.5, 0.6) is 0 Å². The number of aromatic nitrogens is 1. The average Bonchev–Trinajstić information content (AvgIpc) is 3.42. The van der Waals surface area contributed by atoms with Gasteiger partial charge < -0.3 is 15.3 Å². The van der Waals surface area contributed by atoms with Gasteiger partial charge in [-0.2, -0.15) is 10.5 Å². The van der Waals surface area contributed by atoms with Gasteiger partial charge in [0, 0.05) is 54.4 Å². The zero-order chi connectivity index (χ0) is 30.3. The number of alkyl halides is 2. The van der Waals surface area contributed by atoms with Crippen molar-refractivity contribution in [1.29, 1.82) is 10.5 Å². The van der Waals surface area contributed by atoms with Crippen molar-refractivity contribution in [2.75, 3.05) is 22.9 Å². The Labute approximate surface area is 246 Å². The van der Waals surface area contributed by atoms with Gasteiger partial charge in [0.15, 0.2) is 0 Å². The Bertz CT molecular complexity index is 1520. The molecule has 2 heterocycles. The molecule has 12 heteroatoms. The first kappa shape index (κ1) is 30.4. The molecule has 1 saturated heterocycles. The van der Waals surface area contributed by atoms with Crippen LogP contribution in [0.25, 0.3) is 0 Å². The lowest BCUT2D eigenvalue weighted by molar-refractivity contribution is -0.131. The number of pyridine rings is 1. The second-order valence-electron chi connectivity index (χ2n) is 9.97. The van der Waals surface area contributed by atoms with E-state index in [0.717, 1.165) is 23.7 Å². The zero-order valence-corrected chi connectivity index (χ0v) is 23.1. The number of aliphatic hydroxyl groups is 1. The SMILES string of the molecule is N#Cc1cccc(N(C=O)C(C(=O)NC2CC(F)(F)C2)c2ccccc2Cl)c1.N#Cc1ccnc(N2CCC(O)C2)c1. The molecule has 2 N–H and O–H groups in total. The minimum absolute atomic E-state index is 0.255. The first-order chi connectivity index (χ1) is 20.1. The lowest BCUT2D eigenvalue weighted by Crippen LogP contribution is -2.53. The quantitative estimate of drug-likeness (QED) is 0.390. The van der Waals surface area contributed by atoms with Crippen LogP contribution in [0.3, 0.4) is 0 Å². The third-order valence-electron chi connectivity index (χ3n) is 6.91. The van der Waals surface area contributed by atoms with E-state index in [-0.39, 0.29) is 11.1 Å². The molecule has 2 aliphatic rings. The molecule has 216 valence electrons. The van der Waals surface area contributed by atoms with Crippen molar-refractivity contribution in [2.45, 2.75) is 43.4 Å². The molecule has 1 aromatic heterocycles. The molecule has 3 aromatic rings. The number of amides is 2. The van der Waals surface area contributed by atoms with Crippen molar-refractivity contribution in [2.24, 2.45) is 0 Å². The molecular weight excluding hydrogens is 566 g/mol. The standard InChI is InChI=1S/C20H16ClF2N3O2.C10H11N3O/c21-17-7-2-1-6-16(17)18(19(28)25-14-9-20(22,23)10-14)26(12-27)15-5-3-4-13(8-15)11-24;11-6-8-1-3-12-10(5-8)13-4-2-9(14)7-13/h1-8,12,14,18H,9-10H2,(H,25,28);1,3,5,9,14H,2,4,7H2. The van der Waals surface area contributed by atoms with Crippen molar-refractivity contribution in [3.63, 3.8) is 0 Å². The topological polar surface area (TPSA) is 133 Å². The highest BCUT2D eigenvalue weighted by Gasteiger charge is 2.47. The Kier molecular flexibility index (Phi) is 9.68. The largest absolute Gasteiger partial charge is 0.391 e. The van der Waals surface area contributed by atoms with Crippen LogP contribution in [0.4, 0.5) is 20.3 Å². The van der Waals surface area contributed by atoms with E-state index in [1.165, 1.54) is 6.07 Å². The summed E-state index contributed by atoms with van der Waals surface area (Å²) in [6.07, 6.45) is 1.71. The fourth-order valence-corrected chi connectivity index (χ4v) is 5.01. The zero-order valence-electron chi connectivity index (χ0n) is 22.3. The molecular formula is C30H27ClF2N6O3. The fourth-order valence-electron chi connectivity index (χ4n) is 4.78. The van der Waals surface area contributed by atoms with Gasteiger partial charge in [-0.1, -0.05) is 35.9 Å². The highest BCUT2D eigenvalue weighted by Crippen LogP contribution is 2.38. The maximum Gasteiger partial charge on any atom is 0.252 e. The number of aliphatic hydroxyl groups excluding tert-OH is 1. The summed E-state index contributed by atoms with van der Waals surface area (Å²) in [5.74, 6) is -2.63. The lowest BCUT2D eigenvalue weighted by atomic mass is 9.87. The summed E-state index contributed by atoms with van der Waals surface area (Å²) in [5, 5.41) is 30.0. The number of nitriles is 2. The second-order valence-corrected chi connectivity index (χ2v) is 10.4. The monoisotopic (exact) mass is 592 g/mol. The Morgan fingerprint density at radius 1 is 1.14 bits per heavy atom. The maximum absolute atomic E-state index is 13.1. The molecule has 1 aliphatic carbocycles. The van der Waals surface area contributed by atoms with Crippen LogP contribution < -0.4 is 15.1 Å². The van der Waals surface area contributed by atoms with Crippen molar-refractivity contribution in [1.82, 2.24) is 10.3 Å². The number of hydrogen-bond donors (Lipinski definition) is 2. The molecule has 9 nitrogen and oxygen atoms in total. The summed E-state index contributed by atoms with van der Waals surface area (Å²) in [4.78, 5) is 32.2. The predicted molar refractivity (Wildman–Crippen MR) is 152 cm³/mol. The summed E-state index contributed by atoms with van der Waals surface area (Å²) >= 11 is 6.24. The van der Waals surface area contributed by atoms with Crippen LogP contribution in [0.1, 0.15) is 42.0 Å². The van der Waals surface area contributed by atoms with E-state index >= 15 is 0 Å². The third kappa shape index (κ3) is 7.38. The van der Waals surface area contributed by atoms with Gasteiger partial charge in [-0.05, 0) is 42.8 Å². The molecule has 0 radical (unpaired) electrons. The fraction of sp³-hybridized carbons (Fsp3) is 0.300. The Balaban J connectivity index is 0.000000241. The Morgan fingerprint density at radius 2 is 1.86 bits per heavy atom. The number of β-amino-alcohol motifs (C(OH)–C–C–N with tert-alkyl or cyclic N) is 1. The van der Waals surface area contributed by atoms with Crippen LogP contribution in [0, 0.1) is 22.7 Å². The number of nitrogens with zero attached hydrogens (tertiary/aromatic N) is 5. The molecule has 0 bridgehead atoms.